The highest BCUT2D eigenvalue weighted by Crippen LogP contribution is 2.53. The van der Waals surface area contributed by atoms with Gasteiger partial charge in [0.15, 0.2) is 0 Å². The van der Waals surface area contributed by atoms with Gasteiger partial charge < -0.3 is 10.8 Å². The minimum Gasteiger partial charge on any atom is -0.506 e. The summed E-state index contributed by atoms with van der Waals surface area (Å²) in [5, 5.41) is 9.11. The number of benzene rings is 1. The summed E-state index contributed by atoms with van der Waals surface area (Å²) in [4.78, 5) is 0. The topological polar surface area (TPSA) is 46.2 Å². The summed E-state index contributed by atoms with van der Waals surface area (Å²) >= 11 is 5.67. The summed E-state index contributed by atoms with van der Waals surface area (Å²) in [5.74, 6) is -0.923. The van der Waals surface area contributed by atoms with Gasteiger partial charge in [-0.25, -0.2) is 0 Å². The maximum Gasteiger partial charge on any atom is 0.420 e. The first-order valence-corrected chi connectivity index (χ1v) is 5.92. The minimum atomic E-state index is -4.63. The molecule has 100 valence electrons. The van der Waals surface area contributed by atoms with E-state index in [0.717, 1.165) is 18.9 Å². The summed E-state index contributed by atoms with van der Waals surface area (Å²) in [5.41, 5.74) is 4.74. The second-order valence-electron chi connectivity index (χ2n) is 4.80. The Hall–Kier alpha value is -0.940. The first-order valence-electron chi connectivity index (χ1n) is 5.54. The molecule has 18 heavy (non-hydrogen) atoms. The van der Waals surface area contributed by atoms with Crippen molar-refractivity contribution in [3.05, 3.63) is 28.3 Å². The number of aromatic hydroxyl groups is 1. The normalized spacial score (nSPS) is 19.7. The van der Waals surface area contributed by atoms with Gasteiger partial charge in [0.1, 0.15) is 5.75 Å². The van der Waals surface area contributed by atoms with Gasteiger partial charge >= 0.3 is 6.18 Å². The minimum absolute atomic E-state index is 0.251. The molecule has 3 N–H and O–H groups in total. The first kappa shape index (κ1) is 13.5. The van der Waals surface area contributed by atoms with Gasteiger partial charge in [0, 0.05) is 11.5 Å². The molecule has 1 fully saturated rings. The Morgan fingerprint density at radius 1 is 1.39 bits per heavy atom. The highest BCUT2D eigenvalue weighted by Gasteiger charge is 2.49. The Labute approximate surface area is 108 Å². The largest absolute Gasteiger partial charge is 0.506 e. The Kier molecular flexibility index (Phi) is 3.02. The lowest BCUT2D eigenvalue weighted by Crippen LogP contribution is -2.31. The average Bonchev–Trinajstić information content (AvgIpc) is 3.00. The van der Waals surface area contributed by atoms with E-state index < -0.39 is 22.9 Å². The fourth-order valence-corrected chi connectivity index (χ4v) is 2.46. The Morgan fingerprint density at radius 2 is 1.94 bits per heavy atom. The lowest BCUT2D eigenvalue weighted by atomic mass is 9.88. The van der Waals surface area contributed by atoms with Crippen molar-refractivity contribution < 1.29 is 18.3 Å². The van der Waals surface area contributed by atoms with Crippen LogP contribution in [0.15, 0.2) is 12.1 Å². The summed E-state index contributed by atoms with van der Waals surface area (Å²) in [6.07, 6.45) is -3.15. The van der Waals surface area contributed by atoms with Crippen LogP contribution in [0.2, 0.25) is 5.02 Å². The lowest BCUT2D eigenvalue weighted by Gasteiger charge is -2.22. The van der Waals surface area contributed by atoms with Crippen molar-refractivity contribution in [2.75, 3.05) is 0 Å². The molecule has 0 aromatic heterocycles. The zero-order valence-corrected chi connectivity index (χ0v) is 10.4. The van der Waals surface area contributed by atoms with E-state index in [1.807, 2.05) is 0 Å². The number of alkyl halides is 3. The molecule has 1 aliphatic rings. The van der Waals surface area contributed by atoms with Crippen molar-refractivity contribution in [2.45, 2.75) is 37.4 Å². The lowest BCUT2D eigenvalue weighted by molar-refractivity contribution is -0.138. The van der Waals surface area contributed by atoms with Crippen molar-refractivity contribution in [3.63, 3.8) is 0 Å². The number of rotatable bonds is 2. The van der Waals surface area contributed by atoms with Crippen LogP contribution >= 0.6 is 11.6 Å². The van der Waals surface area contributed by atoms with Crippen LogP contribution in [0.3, 0.4) is 0 Å². The highest BCUT2D eigenvalue weighted by atomic mass is 35.5. The molecule has 0 saturated heterocycles. The molecule has 6 heteroatoms. The number of phenolic OH excluding ortho intramolecular Hbond substituents is 1. The van der Waals surface area contributed by atoms with E-state index in [0.29, 0.717) is 5.56 Å². The van der Waals surface area contributed by atoms with Crippen LogP contribution in [0.1, 0.15) is 30.9 Å². The van der Waals surface area contributed by atoms with Gasteiger partial charge in [0.25, 0.3) is 0 Å². The molecular formula is C12H13ClF3NO. The molecule has 0 amide bonds. The van der Waals surface area contributed by atoms with Gasteiger partial charge in [-0.05, 0) is 37.5 Å². The molecule has 1 atom stereocenters. The van der Waals surface area contributed by atoms with E-state index >= 15 is 0 Å². The molecule has 0 radical (unpaired) electrons. The van der Waals surface area contributed by atoms with Crippen LogP contribution in [-0.4, -0.2) is 11.1 Å². The third-order valence-electron chi connectivity index (χ3n) is 3.60. The Balaban J connectivity index is 2.56. The SMILES string of the molecule is CC(N)C1(c2cc(Cl)c(O)c(C(F)(F)F)c2)CC1. The molecular weight excluding hydrogens is 267 g/mol. The first-order chi connectivity index (χ1) is 8.18. The van der Waals surface area contributed by atoms with Crippen molar-refractivity contribution in [2.24, 2.45) is 5.73 Å². The molecule has 1 aliphatic carbocycles. The van der Waals surface area contributed by atoms with Crippen molar-refractivity contribution in [3.8, 4) is 5.75 Å². The third kappa shape index (κ3) is 2.06. The maximum atomic E-state index is 12.8. The number of hydrogen-bond acceptors (Lipinski definition) is 2. The molecule has 0 bridgehead atoms. The number of phenols is 1. The summed E-state index contributed by atoms with van der Waals surface area (Å²) in [7, 11) is 0. The van der Waals surface area contributed by atoms with Crippen molar-refractivity contribution in [1.29, 1.82) is 0 Å². The van der Waals surface area contributed by atoms with E-state index in [4.69, 9.17) is 17.3 Å². The number of nitrogens with two attached hydrogens (primary N) is 1. The van der Waals surface area contributed by atoms with Crippen LogP contribution in [0.4, 0.5) is 13.2 Å². The summed E-state index contributed by atoms with van der Waals surface area (Å²) < 4.78 is 38.3. The van der Waals surface area contributed by atoms with Gasteiger partial charge in [0.2, 0.25) is 0 Å². The van der Waals surface area contributed by atoms with Crippen LogP contribution in [-0.2, 0) is 11.6 Å². The molecule has 0 aliphatic heterocycles. The van der Waals surface area contributed by atoms with E-state index in [-0.39, 0.29) is 11.1 Å². The smallest absolute Gasteiger partial charge is 0.420 e. The van der Waals surface area contributed by atoms with Gasteiger partial charge in [-0.3, -0.25) is 0 Å². The summed E-state index contributed by atoms with van der Waals surface area (Å²) in [6.45, 7) is 1.76. The second kappa shape index (κ2) is 4.03. The molecule has 1 aromatic rings. The van der Waals surface area contributed by atoms with Crippen molar-refractivity contribution in [1.82, 2.24) is 0 Å². The quantitative estimate of drug-likeness (QED) is 0.871. The predicted octanol–water partition coefficient (Wildman–Crippen LogP) is 3.44. The second-order valence-corrected chi connectivity index (χ2v) is 5.20. The molecule has 1 unspecified atom stereocenters. The molecule has 2 nitrogen and oxygen atoms in total. The van der Waals surface area contributed by atoms with E-state index in [1.165, 1.54) is 6.07 Å². The zero-order valence-electron chi connectivity index (χ0n) is 9.68. The van der Waals surface area contributed by atoms with Crippen LogP contribution < -0.4 is 5.73 Å². The van der Waals surface area contributed by atoms with Crippen LogP contribution in [0.5, 0.6) is 5.75 Å². The monoisotopic (exact) mass is 279 g/mol. The van der Waals surface area contributed by atoms with Crippen LogP contribution in [0, 0.1) is 0 Å². The molecule has 1 aromatic carbocycles. The van der Waals surface area contributed by atoms with E-state index in [1.54, 1.807) is 6.92 Å². The fraction of sp³-hybridized carbons (Fsp3) is 0.500. The Morgan fingerprint density at radius 3 is 2.33 bits per heavy atom. The third-order valence-corrected chi connectivity index (χ3v) is 3.89. The Bertz CT molecular complexity index is 481. The zero-order chi connectivity index (χ0) is 13.7. The molecule has 0 heterocycles. The van der Waals surface area contributed by atoms with E-state index in [2.05, 4.69) is 0 Å². The van der Waals surface area contributed by atoms with Crippen LogP contribution in [0.25, 0.3) is 0 Å². The standard InChI is InChI=1S/C12H13ClF3NO/c1-6(17)11(2-3-11)7-4-8(12(14,15)16)10(18)9(13)5-7/h4-6,18H,2-3,17H2,1H3. The predicted molar refractivity (Wildman–Crippen MR) is 62.7 cm³/mol. The number of hydrogen-bond donors (Lipinski definition) is 2. The molecule has 1 saturated carbocycles. The average molecular weight is 280 g/mol. The fourth-order valence-electron chi connectivity index (χ4n) is 2.24. The molecule has 2 rings (SSSR count). The maximum absolute atomic E-state index is 12.8. The summed E-state index contributed by atoms with van der Waals surface area (Å²) in [6, 6.07) is 2.08. The van der Waals surface area contributed by atoms with E-state index in [9.17, 15) is 18.3 Å². The van der Waals surface area contributed by atoms with Gasteiger partial charge in [0.05, 0.1) is 10.6 Å². The van der Waals surface area contributed by atoms with Gasteiger partial charge in [-0.2, -0.15) is 13.2 Å². The number of halogens is 4. The molecule has 0 spiro atoms. The van der Waals surface area contributed by atoms with Crippen molar-refractivity contribution >= 4 is 11.6 Å². The van der Waals surface area contributed by atoms with Gasteiger partial charge in [-0.15, -0.1) is 0 Å². The van der Waals surface area contributed by atoms with Gasteiger partial charge in [-0.1, -0.05) is 11.6 Å². The highest BCUT2D eigenvalue weighted by molar-refractivity contribution is 6.32.